The number of aliphatic hydroxyl groups is 1. The minimum absolute atomic E-state index is 0.387. The van der Waals surface area contributed by atoms with Crippen LogP contribution in [0, 0.1) is 17.8 Å². The zero-order chi connectivity index (χ0) is 10.3. The van der Waals surface area contributed by atoms with Crippen LogP contribution in [0.1, 0.15) is 44.9 Å². The van der Waals surface area contributed by atoms with Crippen LogP contribution in [-0.2, 0) is 0 Å². The highest BCUT2D eigenvalue weighted by Crippen LogP contribution is 2.45. The second-order valence-electron chi connectivity index (χ2n) is 5.93. The van der Waals surface area contributed by atoms with Gasteiger partial charge >= 0.3 is 0 Å². The first-order chi connectivity index (χ1) is 7.36. The Kier molecular flexibility index (Phi) is 2.73. The molecule has 2 bridgehead atoms. The normalized spacial score (nSPS) is 49.0. The first-order valence-corrected chi connectivity index (χ1v) is 6.73. The van der Waals surface area contributed by atoms with Crippen LogP contribution in [-0.4, -0.2) is 23.8 Å². The van der Waals surface area contributed by atoms with Crippen LogP contribution in [0.15, 0.2) is 0 Å². The van der Waals surface area contributed by atoms with Crippen LogP contribution in [0.5, 0.6) is 0 Å². The van der Waals surface area contributed by atoms with Gasteiger partial charge in [-0.2, -0.15) is 0 Å². The predicted octanol–water partition coefficient (Wildman–Crippen LogP) is 1.93. The number of rotatable bonds is 3. The molecule has 0 aromatic rings. The largest absolute Gasteiger partial charge is 0.396 e. The van der Waals surface area contributed by atoms with Crippen molar-refractivity contribution in [3.63, 3.8) is 0 Å². The molecule has 5 unspecified atom stereocenters. The van der Waals surface area contributed by atoms with Gasteiger partial charge in [0.2, 0.25) is 0 Å². The lowest BCUT2D eigenvalue weighted by atomic mass is 9.93. The standard InChI is InChI=1S/C13H23NO/c15-8-11-2-1-3-12(11)14-13-7-9-4-5-10(13)6-9/h9-15H,1-8H2. The van der Waals surface area contributed by atoms with Gasteiger partial charge in [0.1, 0.15) is 0 Å². The summed E-state index contributed by atoms with van der Waals surface area (Å²) in [6.45, 7) is 0.387. The van der Waals surface area contributed by atoms with Gasteiger partial charge in [-0.1, -0.05) is 12.8 Å². The molecule has 3 aliphatic rings. The Balaban J connectivity index is 1.56. The Morgan fingerprint density at radius 2 is 1.93 bits per heavy atom. The second-order valence-corrected chi connectivity index (χ2v) is 5.93. The van der Waals surface area contributed by atoms with Gasteiger partial charge in [0, 0.05) is 18.7 Å². The van der Waals surface area contributed by atoms with Gasteiger partial charge < -0.3 is 10.4 Å². The molecule has 3 saturated carbocycles. The lowest BCUT2D eigenvalue weighted by Gasteiger charge is -2.29. The maximum absolute atomic E-state index is 9.30. The summed E-state index contributed by atoms with van der Waals surface area (Å²) >= 11 is 0. The van der Waals surface area contributed by atoms with Crippen LogP contribution in [0.4, 0.5) is 0 Å². The quantitative estimate of drug-likeness (QED) is 0.744. The summed E-state index contributed by atoms with van der Waals surface area (Å²) in [6.07, 6.45) is 9.67. The maximum Gasteiger partial charge on any atom is 0.0474 e. The van der Waals surface area contributed by atoms with Gasteiger partial charge in [0.05, 0.1) is 0 Å². The Bertz CT molecular complexity index is 227. The predicted molar refractivity (Wildman–Crippen MR) is 60.6 cm³/mol. The fourth-order valence-corrected chi connectivity index (χ4v) is 4.20. The number of nitrogens with one attached hydrogen (secondary N) is 1. The molecule has 0 amide bonds. The number of hydrogen-bond donors (Lipinski definition) is 2. The van der Waals surface area contributed by atoms with Gasteiger partial charge in [-0.25, -0.2) is 0 Å². The fraction of sp³-hybridized carbons (Fsp3) is 1.00. The number of fused-ring (bicyclic) bond motifs is 2. The molecule has 3 aliphatic carbocycles. The van der Waals surface area contributed by atoms with Crippen molar-refractivity contribution < 1.29 is 5.11 Å². The average Bonchev–Trinajstić information content (AvgIpc) is 2.92. The zero-order valence-electron chi connectivity index (χ0n) is 9.49. The van der Waals surface area contributed by atoms with Crippen molar-refractivity contribution in [2.75, 3.05) is 6.61 Å². The molecule has 0 heterocycles. The van der Waals surface area contributed by atoms with E-state index in [0.29, 0.717) is 18.6 Å². The minimum Gasteiger partial charge on any atom is -0.396 e. The fourth-order valence-electron chi connectivity index (χ4n) is 4.20. The topological polar surface area (TPSA) is 32.3 Å². The van der Waals surface area contributed by atoms with E-state index in [1.165, 1.54) is 44.9 Å². The molecule has 86 valence electrons. The molecule has 5 atom stereocenters. The number of hydrogen-bond acceptors (Lipinski definition) is 2. The highest BCUT2D eigenvalue weighted by atomic mass is 16.3. The molecule has 3 fully saturated rings. The van der Waals surface area contributed by atoms with E-state index in [-0.39, 0.29) is 0 Å². The SMILES string of the molecule is OCC1CCCC1NC1CC2CCC1C2. The lowest BCUT2D eigenvalue weighted by Crippen LogP contribution is -2.43. The highest BCUT2D eigenvalue weighted by Gasteiger charge is 2.41. The maximum atomic E-state index is 9.30. The van der Waals surface area contributed by atoms with Gasteiger partial charge in [-0.05, 0) is 49.9 Å². The van der Waals surface area contributed by atoms with E-state index >= 15 is 0 Å². The first-order valence-electron chi connectivity index (χ1n) is 6.73. The molecule has 3 rings (SSSR count). The van der Waals surface area contributed by atoms with Crippen LogP contribution in [0.25, 0.3) is 0 Å². The highest BCUT2D eigenvalue weighted by molar-refractivity contribution is 4.97. The van der Waals surface area contributed by atoms with Crippen molar-refractivity contribution >= 4 is 0 Å². The Labute approximate surface area is 92.4 Å². The van der Waals surface area contributed by atoms with Crippen molar-refractivity contribution in [1.29, 1.82) is 0 Å². The molecule has 0 aromatic carbocycles. The van der Waals surface area contributed by atoms with E-state index in [2.05, 4.69) is 5.32 Å². The summed E-state index contributed by atoms with van der Waals surface area (Å²) in [6, 6.07) is 1.42. The first kappa shape index (κ1) is 10.1. The molecule has 0 spiro atoms. The Hall–Kier alpha value is -0.0800. The molecule has 2 nitrogen and oxygen atoms in total. The van der Waals surface area contributed by atoms with E-state index < -0.39 is 0 Å². The van der Waals surface area contributed by atoms with E-state index in [1.54, 1.807) is 0 Å². The monoisotopic (exact) mass is 209 g/mol. The minimum atomic E-state index is 0.387. The van der Waals surface area contributed by atoms with Crippen LogP contribution in [0.2, 0.25) is 0 Å². The molecular weight excluding hydrogens is 186 g/mol. The van der Waals surface area contributed by atoms with Gasteiger partial charge in [0.25, 0.3) is 0 Å². The summed E-state index contributed by atoms with van der Waals surface area (Å²) < 4.78 is 0. The van der Waals surface area contributed by atoms with Gasteiger partial charge in [-0.15, -0.1) is 0 Å². The summed E-state index contributed by atoms with van der Waals surface area (Å²) in [5.74, 6) is 2.54. The smallest absolute Gasteiger partial charge is 0.0474 e. The third-order valence-electron chi connectivity index (χ3n) is 5.06. The zero-order valence-corrected chi connectivity index (χ0v) is 9.49. The molecule has 2 N–H and O–H groups in total. The third-order valence-corrected chi connectivity index (χ3v) is 5.06. The lowest BCUT2D eigenvalue weighted by molar-refractivity contribution is 0.190. The van der Waals surface area contributed by atoms with Crippen molar-refractivity contribution in [2.24, 2.45) is 17.8 Å². The van der Waals surface area contributed by atoms with Crippen molar-refractivity contribution in [1.82, 2.24) is 5.32 Å². The molecule has 0 aromatic heterocycles. The molecule has 15 heavy (non-hydrogen) atoms. The van der Waals surface area contributed by atoms with Gasteiger partial charge in [0.15, 0.2) is 0 Å². The van der Waals surface area contributed by atoms with E-state index in [0.717, 1.165) is 17.9 Å². The average molecular weight is 209 g/mol. The molecule has 2 heteroatoms. The third kappa shape index (κ3) is 1.83. The van der Waals surface area contributed by atoms with Crippen LogP contribution >= 0.6 is 0 Å². The molecule has 0 saturated heterocycles. The van der Waals surface area contributed by atoms with Crippen LogP contribution in [0.3, 0.4) is 0 Å². The molecular formula is C13H23NO. The number of aliphatic hydroxyl groups excluding tert-OH is 1. The summed E-state index contributed by atoms with van der Waals surface area (Å²) in [5.41, 5.74) is 0. The van der Waals surface area contributed by atoms with E-state index in [9.17, 15) is 5.11 Å². The Morgan fingerprint density at radius 1 is 1.00 bits per heavy atom. The van der Waals surface area contributed by atoms with Crippen molar-refractivity contribution in [3.8, 4) is 0 Å². The van der Waals surface area contributed by atoms with E-state index in [1.807, 2.05) is 0 Å². The molecule has 0 aliphatic heterocycles. The van der Waals surface area contributed by atoms with Crippen LogP contribution < -0.4 is 5.32 Å². The molecule has 0 radical (unpaired) electrons. The van der Waals surface area contributed by atoms with E-state index in [4.69, 9.17) is 0 Å². The summed E-state index contributed by atoms with van der Waals surface area (Å²) in [4.78, 5) is 0. The second kappa shape index (κ2) is 4.06. The summed E-state index contributed by atoms with van der Waals surface area (Å²) in [5, 5.41) is 13.2. The van der Waals surface area contributed by atoms with Gasteiger partial charge in [-0.3, -0.25) is 0 Å². The summed E-state index contributed by atoms with van der Waals surface area (Å²) in [7, 11) is 0. The van der Waals surface area contributed by atoms with Crippen molar-refractivity contribution in [2.45, 2.75) is 57.0 Å². The van der Waals surface area contributed by atoms with Crippen molar-refractivity contribution in [3.05, 3.63) is 0 Å². The Morgan fingerprint density at radius 3 is 2.60 bits per heavy atom.